The van der Waals surface area contributed by atoms with Gasteiger partial charge >= 0.3 is 0 Å². The van der Waals surface area contributed by atoms with Crippen LogP contribution in [-0.2, 0) is 0 Å². The molecular weight excluding hydrogens is 204 g/mol. The van der Waals surface area contributed by atoms with Crippen LogP contribution >= 0.6 is 0 Å². The predicted octanol–water partition coefficient (Wildman–Crippen LogP) is 0.344. The first kappa shape index (κ1) is 10.9. The summed E-state index contributed by atoms with van der Waals surface area (Å²) < 4.78 is 0. The number of rotatable bonds is 3. The Morgan fingerprint density at radius 1 is 1.62 bits per heavy atom. The lowest BCUT2D eigenvalue weighted by molar-refractivity contribution is 0.100. The molecule has 86 valence electrons. The van der Waals surface area contributed by atoms with Crippen molar-refractivity contribution in [3.63, 3.8) is 0 Å². The Morgan fingerprint density at radius 3 is 3.19 bits per heavy atom. The first-order chi connectivity index (χ1) is 7.77. The number of nitrogens with zero attached hydrogens (tertiary/aromatic N) is 1. The van der Waals surface area contributed by atoms with E-state index in [4.69, 9.17) is 5.73 Å². The minimum absolute atomic E-state index is 0.321. The molecule has 1 aromatic heterocycles. The Bertz CT molecular complexity index is 374. The maximum absolute atomic E-state index is 11.2. The van der Waals surface area contributed by atoms with Crippen molar-refractivity contribution in [1.29, 1.82) is 0 Å². The highest BCUT2D eigenvalue weighted by molar-refractivity contribution is 5.97. The Hall–Kier alpha value is -1.62. The SMILES string of the molecule is NC(=O)c1cccnc1NC1CCCNC1. The fourth-order valence-electron chi connectivity index (χ4n) is 1.89. The number of piperidine rings is 1. The number of carbonyl (C=O) groups excluding carboxylic acids is 1. The van der Waals surface area contributed by atoms with E-state index in [0.29, 0.717) is 17.4 Å². The molecule has 2 rings (SSSR count). The van der Waals surface area contributed by atoms with Gasteiger partial charge in [-0.1, -0.05) is 0 Å². The van der Waals surface area contributed by atoms with E-state index >= 15 is 0 Å². The van der Waals surface area contributed by atoms with E-state index < -0.39 is 5.91 Å². The third-order valence-corrected chi connectivity index (χ3v) is 2.71. The molecule has 0 radical (unpaired) electrons. The normalized spacial score (nSPS) is 20.4. The van der Waals surface area contributed by atoms with E-state index in [-0.39, 0.29) is 0 Å². The van der Waals surface area contributed by atoms with E-state index in [9.17, 15) is 4.79 Å². The zero-order chi connectivity index (χ0) is 11.4. The zero-order valence-corrected chi connectivity index (χ0v) is 9.07. The summed E-state index contributed by atoms with van der Waals surface area (Å²) in [6.07, 6.45) is 3.88. The summed E-state index contributed by atoms with van der Waals surface area (Å²) in [6, 6.07) is 3.72. The molecular formula is C11H16N4O. The van der Waals surface area contributed by atoms with Gasteiger partial charge in [0.25, 0.3) is 5.91 Å². The molecule has 16 heavy (non-hydrogen) atoms. The van der Waals surface area contributed by atoms with Crippen molar-refractivity contribution in [2.75, 3.05) is 18.4 Å². The van der Waals surface area contributed by atoms with Gasteiger partial charge in [-0.05, 0) is 31.5 Å². The van der Waals surface area contributed by atoms with Gasteiger partial charge in [-0.15, -0.1) is 0 Å². The van der Waals surface area contributed by atoms with Crippen molar-refractivity contribution in [1.82, 2.24) is 10.3 Å². The number of carbonyl (C=O) groups is 1. The molecule has 0 aromatic carbocycles. The van der Waals surface area contributed by atoms with Crippen LogP contribution in [0, 0.1) is 0 Å². The third kappa shape index (κ3) is 2.49. The van der Waals surface area contributed by atoms with Crippen LogP contribution in [0.2, 0.25) is 0 Å². The van der Waals surface area contributed by atoms with Gasteiger partial charge in [0, 0.05) is 18.8 Å². The highest BCUT2D eigenvalue weighted by Gasteiger charge is 2.16. The van der Waals surface area contributed by atoms with Crippen LogP contribution in [0.5, 0.6) is 0 Å². The Morgan fingerprint density at radius 2 is 2.50 bits per heavy atom. The Kier molecular flexibility index (Phi) is 3.36. The molecule has 1 fully saturated rings. The average molecular weight is 220 g/mol. The summed E-state index contributed by atoms with van der Waals surface area (Å²) in [5.74, 6) is 0.142. The lowest BCUT2D eigenvalue weighted by atomic mass is 10.1. The maximum atomic E-state index is 11.2. The number of amides is 1. The van der Waals surface area contributed by atoms with Crippen LogP contribution in [0.3, 0.4) is 0 Å². The van der Waals surface area contributed by atoms with Gasteiger partial charge in [-0.2, -0.15) is 0 Å². The van der Waals surface area contributed by atoms with Gasteiger partial charge in [-0.3, -0.25) is 4.79 Å². The number of aromatic nitrogens is 1. The number of anilines is 1. The molecule has 1 saturated heterocycles. The fraction of sp³-hybridized carbons (Fsp3) is 0.455. The molecule has 5 nitrogen and oxygen atoms in total. The minimum atomic E-state index is -0.445. The van der Waals surface area contributed by atoms with Gasteiger partial charge < -0.3 is 16.4 Å². The first-order valence-electron chi connectivity index (χ1n) is 5.49. The number of hydrogen-bond donors (Lipinski definition) is 3. The van der Waals surface area contributed by atoms with Gasteiger partial charge in [0.15, 0.2) is 0 Å². The molecule has 1 unspecified atom stereocenters. The van der Waals surface area contributed by atoms with Crippen LogP contribution in [0.1, 0.15) is 23.2 Å². The van der Waals surface area contributed by atoms with Crippen LogP contribution in [-0.4, -0.2) is 30.0 Å². The smallest absolute Gasteiger partial charge is 0.252 e. The van der Waals surface area contributed by atoms with Crippen LogP contribution in [0.4, 0.5) is 5.82 Å². The second kappa shape index (κ2) is 4.94. The summed E-state index contributed by atoms with van der Waals surface area (Å²) in [4.78, 5) is 15.3. The molecule has 2 heterocycles. The van der Waals surface area contributed by atoms with E-state index in [1.54, 1.807) is 18.3 Å². The molecule has 0 spiro atoms. The van der Waals surface area contributed by atoms with Crippen LogP contribution < -0.4 is 16.4 Å². The first-order valence-corrected chi connectivity index (χ1v) is 5.49. The lowest BCUT2D eigenvalue weighted by Crippen LogP contribution is -2.39. The van der Waals surface area contributed by atoms with E-state index in [1.165, 1.54) is 0 Å². The van der Waals surface area contributed by atoms with Crippen molar-refractivity contribution in [3.05, 3.63) is 23.9 Å². The molecule has 0 saturated carbocycles. The van der Waals surface area contributed by atoms with Crippen molar-refractivity contribution in [2.24, 2.45) is 5.73 Å². The highest BCUT2D eigenvalue weighted by atomic mass is 16.1. The number of nitrogens with one attached hydrogen (secondary N) is 2. The van der Waals surface area contributed by atoms with E-state index in [1.807, 2.05) is 0 Å². The summed E-state index contributed by atoms with van der Waals surface area (Å²) in [7, 11) is 0. The molecule has 1 amide bonds. The quantitative estimate of drug-likeness (QED) is 0.686. The van der Waals surface area contributed by atoms with E-state index in [0.717, 1.165) is 25.9 Å². The van der Waals surface area contributed by atoms with E-state index in [2.05, 4.69) is 15.6 Å². The van der Waals surface area contributed by atoms with Crippen molar-refractivity contribution in [2.45, 2.75) is 18.9 Å². The standard InChI is InChI=1S/C11H16N4O/c12-10(16)9-4-2-6-14-11(9)15-8-3-1-5-13-7-8/h2,4,6,8,13H,1,3,5,7H2,(H2,12,16)(H,14,15). The van der Waals surface area contributed by atoms with Gasteiger partial charge in [0.05, 0.1) is 5.56 Å². The van der Waals surface area contributed by atoms with Gasteiger partial charge in [-0.25, -0.2) is 4.98 Å². The molecule has 4 N–H and O–H groups in total. The molecule has 0 aliphatic carbocycles. The average Bonchev–Trinajstić information content (AvgIpc) is 2.31. The number of pyridine rings is 1. The minimum Gasteiger partial charge on any atom is -0.365 e. The maximum Gasteiger partial charge on any atom is 0.252 e. The molecule has 1 aromatic rings. The summed E-state index contributed by atoms with van der Waals surface area (Å²) >= 11 is 0. The van der Waals surface area contributed by atoms with Gasteiger partial charge in [0.2, 0.25) is 0 Å². The van der Waals surface area contributed by atoms with Crippen LogP contribution in [0.25, 0.3) is 0 Å². The topological polar surface area (TPSA) is 80.0 Å². The molecule has 1 atom stereocenters. The molecule has 1 aliphatic heterocycles. The number of hydrogen-bond acceptors (Lipinski definition) is 4. The Labute approximate surface area is 94.4 Å². The molecule has 0 bridgehead atoms. The third-order valence-electron chi connectivity index (χ3n) is 2.71. The zero-order valence-electron chi connectivity index (χ0n) is 9.07. The number of nitrogens with two attached hydrogens (primary N) is 1. The van der Waals surface area contributed by atoms with Crippen LogP contribution in [0.15, 0.2) is 18.3 Å². The molecule has 1 aliphatic rings. The van der Waals surface area contributed by atoms with Crippen molar-refractivity contribution >= 4 is 11.7 Å². The summed E-state index contributed by atoms with van der Waals surface area (Å²) in [5, 5.41) is 6.55. The fourth-order valence-corrected chi connectivity index (χ4v) is 1.89. The lowest BCUT2D eigenvalue weighted by Gasteiger charge is -2.24. The molecule has 5 heteroatoms. The predicted molar refractivity (Wildman–Crippen MR) is 62.3 cm³/mol. The van der Waals surface area contributed by atoms with Crippen molar-refractivity contribution in [3.8, 4) is 0 Å². The van der Waals surface area contributed by atoms with Crippen molar-refractivity contribution < 1.29 is 4.79 Å². The Balaban J connectivity index is 2.10. The highest BCUT2D eigenvalue weighted by Crippen LogP contribution is 2.14. The largest absolute Gasteiger partial charge is 0.365 e. The second-order valence-electron chi connectivity index (χ2n) is 3.95. The summed E-state index contributed by atoms with van der Waals surface area (Å²) in [5.41, 5.74) is 5.74. The summed E-state index contributed by atoms with van der Waals surface area (Å²) in [6.45, 7) is 1.96. The van der Waals surface area contributed by atoms with Gasteiger partial charge in [0.1, 0.15) is 5.82 Å². The number of primary amides is 1. The monoisotopic (exact) mass is 220 g/mol. The second-order valence-corrected chi connectivity index (χ2v) is 3.95.